The molecular weight excluding hydrogens is 316 g/mol. The van der Waals surface area contributed by atoms with Gasteiger partial charge in [0.1, 0.15) is 11.6 Å². The first-order valence-corrected chi connectivity index (χ1v) is 8.12. The Morgan fingerprint density at radius 2 is 2.12 bits per heavy atom. The van der Waals surface area contributed by atoms with Gasteiger partial charge in [0.25, 0.3) is 11.5 Å². The topological polar surface area (TPSA) is 89.0 Å². The Kier molecular flexibility index (Phi) is 4.45. The summed E-state index contributed by atoms with van der Waals surface area (Å²) in [5.41, 5.74) is 2.18. The number of hydrogen-bond acceptors (Lipinski definition) is 4. The van der Waals surface area contributed by atoms with Crippen LogP contribution in [0.4, 0.5) is 5.69 Å². The van der Waals surface area contributed by atoms with Crippen LogP contribution in [0.2, 0.25) is 0 Å². The number of amides is 1. The number of carbonyl (C=O) groups is 1. The van der Waals surface area contributed by atoms with Crippen LogP contribution >= 0.6 is 0 Å². The number of terminal acetylenes is 1. The lowest BCUT2D eigenvalue weighted by Crippen LogP contribution is -2.45. The molecule has 6 heteroatoms. The van der Waals surface area contributed by atoms with Gasteiger partial charge in [0.15, 0.2) is 0 Å². The number of aromatic nitrogens is 1. The van der Waals surface area contributed by atoms with Gasteiger partial charge in [-0.15, -0.1) is 6.42 Å². The number of carbonyl (C=O) groups excluding carboxylic acids is 1. The Hall–Kier alpha value is -3.25. The molecule has 3 rings (SSSR count). The fourth-order valence-electron chi connectivity index (χ4n) is 3.30. The second-order valence-electron chi connectivity index (χ2n) is 6.22. The first kappa shape index (κ1) is 16.6. The lowest BCUT2D eigenvalue weighted by molar-refractivity contribution is -0.116. The molecule has 1 aliphatic heterocycles. The van der Waals surface area contributed by atoms with Crippen molar-refractivity contribution >= 4 is 22.5 Å². The average molecular weight is 334 g/mol. The van der Waals surface area contributed by atoms with E-state index in [1.54, 1.807) is 0 Å². The van der Waals surface area contributed by atoms with Crippen LogP contribution < -0.4 is 15.8 Å². The number of pyridine rings is 1. The highest BCUT2D eigenvalue weighted by Gasteiger charge is 2.25. The SMILES string of the molecule is C#CC(=O)NC1CCN(c2c(C#N)c(=O)[nH]c3cc(C)ccc23)CC1. The number of nitrogens with zero attached hydrogens (tertiary/aromatic N) is 2. The predicted molar refractivity (Wildman–Crippen MR) is 96.2 cm³/mol. The fourth-order valence-corrected chi connectivity index (χ4v) is 3.30. The number of nitrogens with one attached hydrogen (secondary N) is 2. The van der Waals surface area contributed by atoms with E-state index in [1.807, 2.05) is 36.1 Å². The molecule has 2 N–H and O–H groups in total. The monoisotopic (exact) mass is 334 g/mol. The maximum Gasteiger partial charge on any atom is 0.295 e. The van der Waals surface area contributed by atoms with E-state index >= 15 is 0 Å². The maximum atomic E-state index is 12.3. The minimum atomic E-state index is -0.409. The molecule has 2 heterocycles. The van der Waals surface area contributed by atoms with Crippen LogP contribution in [-0.4, -0.2) is 30.0 Å². The minimum Gasteiger partial charge on any atom is -0.370 e. The molecule has 0 unspecified atom stereocenters. The van der Waals surface area contributed by atoms with Crippen molar-refractivity contribution in [3.63, 3.8) is 0 Å². The Morgan fingerprint density at radius 1 is 1.40 bits per heavy atom. The highest BCUT2D eigenvalue weighted by molar-refractivity contribution is 5.95. The zero-order chi connectivity index (χ0) is 18.0. The average Bonchev–Trinajstić information content (AvgIpc) is 2.61. The van der Waals surface area contributed by atoms with E-state index in [2.05, 4.69) is 16.2 Å². The highest BCUT2D eigenvalue weighted by Crippen LogP contribution is 2.30. The Morgan fingerprint density at radius 3 is 2.76 bits per heavy atom. The molecule has 25 heavy (non-hydrogen) atoms. The third-order valence-electron chi connectivity index (χ3n) is 4.53. The molecule has 6 nitrogen and oxygen atoms in total. The van der Waals surface area contributed by atoms with E-state index < -0.39 is 5.91 Å². The van der Waals surface area contributed by atoms with E-state index in [-0.39, 0.29) is 17.2 Å². The molecule has 1 saturated heterocycles. The Bertz CT molecular complexity index is 970. The van der Waals surface area contributed by atoms with Crippen molar-refractivity contribution in [2.75, 3.05) is 18.0 Å². The van der Waals surface area contributed by atoms with Gasteiger partial charge in [0.2, 0.25) is 0 Å². The van der Waals surface area contributed by atoms with Crippen LogP contribution in [-0.2, 0) is 4.79 Å². The largest absolute Gasteiger partial charge is 0.370 e. The number of hydrogen-bond donors (Lipinski definition) is 2. The van der Waals surface area contributed by atoms with Gasteiger partial charge in [-0.3, -0.25) is 9.59 Å². The number of benzene rings is 1. The molecular formula is C19H18N4O2. The molecule has 0 saturated carbocycles. The molecule has 0 radical (unpaired) electrons. The summed E-state index contributed by atoms with van der Waals surface area (Å²) in [4.78, 5) is 28.5. The number of piperidine rings is 1. The van der Waals surface area contributed by atoms with Crippen molar-refractivity contribution in [3.05, 3.63) is 39.7 Å². The number of H-pyrrole nitrogens is 1. The van der Waals surface area contributed by atoms with Crippen molar-refractivity contribution in [1.29, 1.82) is 5.26 Å². The van der Waals surface area contributed by atoms with Crippen LogP contribution in [0.15, 0.2) is 23.0 Å². The molecule has 1 aromatic heterocycles. The Labute approximate surface area is 145 Å². The van der Waals surface area contributed by atoms with Crippen molar-refractivity contribution in [2.45, 2.75) is 25.8 Å². The summed E-state index contributed by atoms with van der Waals surface area (Å²) in [5.74, 6) is 1.65. The van der Waals surface area contributed by atoms with E-state index in [9.17, 15) is 14.9 Å². The van der Waals surface area contributed by atoms with Gasteiger partial charge in [-0.25, -0.2) is 0 Å². The second-order valence-corrected chi connectivity index (χ2v) is 6.22. The molecule has 2 aromatic rings. The molecule has 1 fully saturated rings. The number of anilines is 1. The van der Waals surface area contributed by atoms with Gasteiger partial charge >= 0.3 is 0 Å². The first-order valence-electron chi connectivity index (χ1n) is 8.12. The number of rotatable bonds is 2. The van der Waals surface area contributed by atoms with E-state index in [4.69, 9.17) is 6.42 Å². The van der Waals surface area contributed by atoms with Crippen LogP contribution in [0.5, 0.6) is 0 Å². The third kappa shape index (κ3) is 3.20. The zero-order valence-electron chi connectivity index (χ0n) is 13.9. The van der Waals surface area contributed by atoms with Gasteiger partial charge in [-0.1, -0.05) is 12.1 Å². The maximum absolute atomic E-state index is 12.3. The molecule has 0 aliphatic carbocycles. The van der Waals surface area contributed by atoms with Crippen molar-refractivity contribution in [2.24, 2.45) is 0 Å². The van der Waals surface area contributed by atoms with Gasteiger partial charge < -0.3 is 15.2 Å². The second kappa shape index (κ2) is 6.70. The standard InChI is InChI=1S/C19H18N4O2/c1-3-17(24)21-13-6-8-23(9-7-13)18-14-5-4-12(2)10-16(14)22-19(25)15(18)11-20/h1,4-5,10,13H,6-9H2,2H3,(H,21,24)(H,22,25). The van der Waals surface area contributed by atoms with E-state index in [1.165, 1.54) is 0 Å². The van der Waals surface area contributed by atoms with E-state index in [0.717, 1.165) is 16.5 Å². The normalized spacial score (nSPS) is 14.8. The molecule has 0 atom stereocenters. The first-order chi connectivity index (χ1) is 12.0. The molecule has 1 aliphatic rings. The molecule has 0 bridgehead atoms. The number of fused-ring (bicyclic) bond motifs is 1. The highest BCUT2D eigenvalue weighted by atomic mass is 16.1. The smallest absolute Gasteiger partial charge is 0.295 e. The predicted octanol–water partition coefficient (Wildman–Crippen LogP) is 1.43. The van der Waals surface area contributed by atoms with Crippen LogP contribution in [0.3, 0.4) is 0 Å². The van der Waals surface area contributed by atoms with Gasteiger partial charge in [-0.2, -0.15) is 5.26 Å². The summed E-state index contributed by atoms with van der Waals surface area (Å²) in [5, 5.41) is 13.1. The summed E-state index contributed by atoms with van der Waals surface area (Å²) in [6.07, 6.45) is 6.50. The minimum absolute atomic E-state index is 0.0147. The summed E-state index contributed by atoms with van der Waals surface area (Å²) in [7, 11) is 0. The van der Waals surface area contributed by atoms with Crippen LogP contribution in [0.1, 0.15) is 24.0 Å². The van der Waals surface area contributed by atoms with E-state index in [0.29, 0.717) is 31.6 Å². The molecule has 126 valence electrons. The van der Waals surface area contributed by atoms with Gasteiger partial charge in [0, 0.05) is 24.5 Å². The summed E-state index contributed by atoms with van der Waals surface area (Å²) in [6, 6.07) is 7.85. The number of nitriles is 1. The molecule has 0 spiro atoms. The van der Waals surface area contributed by atoms with Crippen molar-refractivity contribution in [1.82, 2.24) is 10.3 Å². The van der Waals surface area contributed by atoms with Crippen molar-refractivity contribution in [3.8, 4) is 18.4 Å². The summed E-state index contributed by atoms with van der Waals surface area (Å²) < 4.78 is 0. The number of aryl methyl sites for hydroxylation is 1. The van der Waals surface area contributed by atoms with Crippen LogP contribution in [0, 0.1) is 30.6 Å². The quantitative estimate of drug-likeness (QED) is 0.813. The fraction of sp³-hybridized carbons (Fsp3) is 0.316. The summed E-state index contributed by atoms with van der Waals surface area (Å²) in [6.45, 7) is 3.22. The molecule has 1 aromatic carbocycles. The molecule has 1 amide bonds. The van der Waals surface area contributed by atoms with Gasteiger partial charge in [0.05, 0.1) is 11.2 Å². The zero-order valence-corrected chi connectivity index (χ0v) is 13.9. The Balaban J connectivity index is 1.97. The third-order valence-corrected chi connectivity index (χ3v) is 4.53. The lowest BCUT2D eigenvalue weighted by Gasteiger charge is -2.34. The number of aromatic amines is 1. The van der Waals surface area contributed by atoms with Crippen LogP contribution in [0.25, 0.3) is 10.9 Å². The van der Waals surface area contributed by atoms with Gasteiger partial charge in [-0.05, 0) is 37.3 Å². The summed E-state index contributed by atoms with van der Waals surface area (Å²) >= 11 is 0. The lowest BCUT2D eigenvalue weighted by atomic mass is 10.0. The van der Waals surface area contributed by atoms with Crippen molar-refractivity contribution < 1.29 is 4.79 Å².